The molecule has 1 fully saturated rings. The number of aliphatic hydroxyl groups is 1. The number of hydrogen-bond donors (Lipinski definition) is 2. The van der Waals surface area contributed by atoms with Crippen molar-refractivity contribution in [2.45, 2.75) is 13.0 Å². The molecule has 0 aromatic heterocycles. The third kappa shape index (κ3) is 2.66. The first-order valence-corrected chi connectivity index (χ1v) is 4.79. The Hall–Kier alpha value is -1.14. The molecule has 0 aromatic rings. The summed E-state index contributed by atoms with van der Waals surface area (Å²) in [6, 6.07) is -0.423. The van der Waals surface area contributed by atoms with E-state index >= 15 is 0 Å². The number of rotatable bonds is 3. The Bertz CT molecular complexity index is 255. The van der Waals surface area contributed by atoms with E-state index in [-0.39, 0.29) is 13.2 Å². The molecule has 1 saturated heterocycles. The summed E-state index contributed by atoms with van der Waals surface area (Å²) in [5.41, 5.74) is 0. The number of ether oxygens (including phenoxy) is 1. The van der Waals surface area contributed by atoms with E-state index in [4.69, 9.17) is 14.9 Å². The number of nitrogens with zero attached hydrogens (tertiary/aromatic N) is 1. The van der Waals surface area contributed by atoms with E-state index in [9.17, 15) is 9.59 Å². The van der Waals surface area contributed by atoms with Crippen LogP contribution in [0.4, 0.5) is 0 Å². The van der Waals surface area contributed by atoms with Gasteiger partial charge in [0.25, 0.3) is 0 Å². The number of morpholine rings is 1. The molecular weight excluding hydrogens is 202 g/mol. The summed E-state index contributed by atoms with van der Waals surface area (Å²) in [4.78, 5) is 23.7. The Morgan fingerprint density at radius 3 is 2.80 bits per heavy atom. The molecule has 86 valence electrons. The molecule has 0 spiro atoms. The first kappa shape index (κ1) is 11.9. The second-order valence-electron chi connectivity index (χ2n) is 3.50. The molecule has 6 nitrogen and oxygen atoms in total. The van der Waals surface area contributed by atoms with Crippen molar-refractivity contribution in [2.75, 3.05) is 26.4 Å². The number of aliphatic carboxylic acids is 1. The Kier molecular flexibility index (Phi) is 4.05. The lowest BCUT2D eigenvalue weighted by Crippen LogP contribution is -2.52. The molecule has 15 heavy (non-hydrogen) atoms. The molecule has 1 aliphatic rings. The second-order valence-corrected chi connectivity index (χ2v) is 3.50. The molecule has 1 rings (SSSR count). The van der Waals surface area contributed by atoms with Gasteiger partial charge in [-0.15, -0.1) is 0 Å². The van der Waals surface area contributed by atoms with Gasteiger partial charge >= 0.3 is 5.97 Å². The van der Waals surface area contributed by atoms with Gasteiger partial charge in [-0.3, -0.25) is 9.59 Å². The van der Waals surface area contributed by atoms with Gasteiger partial charge in [0.05, 0.1) is 25.9 Å². The molecule has 1 amide bonds. The summed E-state index contributed by atoms with van der Waals surface area (Å²) in [5, 5.41) is 17.7. The zero-order valence-corrected chi connectivity index (χ0v) is 8.55. The van der Waals surface area contributed by atoms with Crippen LogP contribution in [0.15, 0.2) is 0 Å². The van der Waals surface area contributed by atoms with E-state index in [1.807, 2.05) is 0 Å². The summed E-state index contributed by atoms with van der Waals surface area (Å²) in [6.45, 7) is 2.11. The van der Waals surface area contributed by atoms with Crippen molar-refractivity contribution in [3.63, 3.8) is 0 Å². The predicted octanol–water partition coefficient (Wildman–Crippen LogP) is -1.07. The van der Waals surface area contributed by atoms with Crippen LogP contribution in [0.25, 0.3) is 0 Å². The van der Waals surface area contributed by atoms with E-state index in [2.05, 4.69) is 0 Å². The predicted molar refractivity (Wildman–Crippen MR) is 50.2 cm³/mol. The fourth-order valence-corrected chi connectivity index (χ4v) is 1.45. The van der Waals surface area contributed by atoms with Crippen LogP contribution < -0.4 is 0 Å². The molecule has 0 radical (unpaired) electrons. The average molecular weight is 217 g/mol. The van der Waals surface area contributed by atoms with Gasteiger partial charge in [-0.05, 0) is 6.92 Å². The zero-order valence-electron chi connectivity index (χ0n) is 8.55. The zero-order chi connectivity index (χ0) is 11.4. The van der Waals surface area contributed by atoms with Gasteiger partial charge < -0.3 is 19.8 Å². The molecule has 0 aliphatic carbocycles. The lowest BCUT2D eigenvalue weighted by atomic mass is 10.1. The lowest BCUT2D eigenvalue weighted by Gasteiger charge is -2.35. The van der Waals surface area contributed by atoms with Gasteiger partial charge in [0, 0.05) is 6.54 Å². The molecule has 0 bridgehead atoms. The van der Waals surface area contributed by atoms with E-state index in [1.54, 1.807) is 0 Å². The smallest absolute Gasteiger partial charge is 0.315 e. The number of carbonyl (C=O) groups excluding carboxylic acids is 1. The van der Waals surface area contributed by atoms with Crippen molar-refractivity contribution in [1.29, 1.82) is 0 Å². The van der Waals surface area contributed by atoms with Crippen LogP contribution in [0, 0.1) is 5.92 Å². The Morgan fingerprint density at radius 2 is 2.27 bits per heavy atom. The first-order valence-electron chi connectivity index (χ1n) is 4.79. The van der Waals surface area contributed by atoms with Crippen molar-refractivity contribution in [2.24, 2.45) is 5.92 Å². The highest BCUT2D eigenvalue weighted by Gasteiger charge is 2.32. The van der Waals surface area contributed by atoms with Gasteiger partial charge in [0.1, 0.15) is 5.92 Å². The summed E-state index contributed by atoms with van der Waals surface area (Å²) in [5.74, 6) is -2.69. The SMILES string of the molecule is CC(C(=O)O)C(=O)N1CCOCC1CO. The number of amides is 1. The minimum Gasteiger partial charge on any atom is -0.481 e. The maximum Gasteiger partial charge on any atom is 0.315 e. The van der Waals surface area contributed by atoms with Crippen molar-refractivity contribution >= 4 is 11.9 Å². The first-order chi connectivity index (χ1) is 7.07. The average Bonchev–Trinajstić information content (AvgIpc) is 2.26. The van der Waals surface area contributed by atoms with Gasteiger partial charge in [0.15, 0.2) is 0 Å². The second kappa shape index (κ2) is 5.09. The largest absolute Gasteiger partial charge is 0.481 e. The molecule has 6 heteroatoms. The molecular formula is C9H15NO5. The minimum atomic E-state index is -1.15. The number of carboxylic acids is 1. The highest BCUT2D eigenvalue weighted by molar-refractivity contribution is 5.96. The van der Waals surface area contributed by atoms with Crippen LogP contribution in [-0.2, 0) is 14.3 Å². The highest BCUT2D eigenvalue weighted by Crippen LogP contribution is 2.11. The maximum atomic E-state index is 11.7. The van der Waals surface area contributed by atoms with E-state index < -0.39 is 23.8 Å². The summed E-state index contributed by atoms with van der Waals surface area (Å²) in [6.07, 6.45) is 0. The van der Waals surface area contributed by atoms with E-state index in [0.717, 1.165) is 0 Å². The van der Waals surface area contributed by atoms with Crippen molar-refractivity contribution in [3.05, 3.63) is 0 Å². The molecule has 1 heterocycles. The topological polar surface area (TPSA) is 87.1 Å². The quantitative estimate of drug-likeness (QED) is 0.587. The molecule has 2 N–H and O–H groups in total. The molecule has 0 saturated carbocycles. The summed E-state index contributed by atoms with van der Waals surface area (Å²) < 4.78 is 5.09. The highest BCUT2D eigenvalue weighted by atomic mass is 16.5. The van der Waals surface area contributed by atoms with Crippen LogP contribution in [0.2, 0.25) is 0 Å². The summed E-state index contributed by atoms with van der Waals surface area (Å²) >= 11 is 0. The summed E-state index contributed by atoms with van der Waals surface area (Å²) in [7, 11) is 0. The fourth-order valence-electron chi connectivity index (χ4n) is 1.45. The van der Waals surface area contributed by atoms with Gasteiger partial charge in [-0.2, -0.15) is 0 Å². The monoisotopic (exact) mass is 217 g/mol. The van der Waals surface area contributed by atoms with Gasteiger partial charge in [-0.1, -0.05) is 0 Å². The number of carboxylic acid groups (broad SMARTS) is 1. The molecule has 1 aliphatic heterocycles. The van der Waals surface area contributed by atoms with Crippen LogP contribution in [0.5, 0.6) is 0 Å². The minimum absolute atomic E-state index is 0.210. The van der Waals surface area contributed by atoms with Gasteiger partial charge in [0.2, 0.25) is 5.91 Å². The van der Waals surface area contributed by atoms with Crippen LogP contribution in [-0.4, -0.2) is 59.4 Å². The lowest BCUT2D eigenvalue weighted by molar-refractivity contribution is -0.155. The molecule has 0 aromatic carbocycles. The number of hydrogen-bond acceptors (Lipinski definition) is 4. The van der Waals surface area contributed by atoms with Crippen molar-refractivity contribution < 1.29 is 24.5 Å². The van der Waals surface area contributed by atoms with E-state index in [0.29, 0.717) is 13.2 Å². The van der Waals surface area contributed by atoms with Crippen LogP contribution in [0.3, 0.4) is 0 Å². The third-order valence-corrected chi connectivity index (χ3v) is 2.46. The van der Waals surface area contributed by atoms with Gasteiger partial charge in [-0.25, -0.2) is 0 Å². The molecule has 2 unspecified atom stereocenters. The van der Waals surface area contributed by atoms with E-state index in [1.165, 1.54) is 11.8 Å². The number of aliphatic hydroxyl groups excluding tert-OH is 1. The number of carbonyl (C=O) groups is 2. The van der Waals surface area contributed by atoms with Crippen molar-refractivity contribution in [1.82, 2.24) is 4.90 Å². The Morgan fingerprint density at radius 1 is 1.60 bits per heavy atom. The van der Waals surface area contributed by atoms with Crippen LogP contribution >= 0.6 is 0 Å². The standard InChI is InChI=1S/C9H15NO5/c1-6(9(13)14)8(12)10-2-3-15-5-7(10)4-11/h6-7,11H,2-5H2,1H3,(H,13,14). The normalized spacial score (nSPS) is 23.6. The Balaban J connectivity index is 2.67. The third-order valence-electron chi connectivity index (χ3n) is 2.46. The van der Waals surface area contributed by atoms with Crippen molar-refractivity contribution in [3.8, 4) is 0 Å². The fraction of sp³-hybridized carbons (Fsp3) is 0.778. The molecule has 2 atom stereocenters. The van der Waals surface area contributed by atoms with Crippen LogP contribution in [0.1, 0.15) is 6.92 Å². The Labute approximate surface area is 87.4 Å². The maximum absolute atomic E-state index is 11.7.